The maximum absolute atomic E-state index is 13.2. The standard InChI is InChI=1S/C24H19F3N4O4/c25-24(26,27)35-20-4-2-1-3-15(20)12-22(33)30-21-11-16(5-8-29-21)23(34)18-14-31(9-10-32)19-6-7-28-13-17(18)19/h1-8,11,13-14,32H,9-10,12H2,(H,29,30,33). The van der Waals surface area contributed by atoms with E-state index in [1.807, 2.05) is 0 Å². The topological polar surface area (TPSA) is 106 Å². The molecule has 3 aromatic heterocycles. The third-order valence-corrected chi connectivity index (χ3v) is 5.11. The Morgan fingerprint density at radius 2 is 1.91 bits per heavy atom. The number of para-hydroxylation sites is 1. The van der Waals surface area contributed by atoms with E-state index in [1.54, 1.807) is 29.2 Å². The zero-order chi connectivity index (χ0) is 25.0. The van der Waals surface area contributed by atoms with Crippen molar-refractivity contribution in [1.29, 1.82) is 0 Å². The summed E-state index contributed by atoms with van der Waals surface area (Å²) in [4.78, 5) is 33.8. The number of aromatic nitrogens is 3. The molecule has 3 heterocycles. The number of aliphatic hydroxyl groups is 1. The SMILES string of the molecule is O=C(Cc1ccccc1OC(F)(F)F)Nc1cc(C(=O)c2cn(CCO)c3ccncc23)ccn1. The van der Waals surface area contributed by atoms with E-state index < -0.39 is 24.4 Å². The number of aliphatic hydroxyl groups excluding tert-OH is 1. The van der Waals surface area contributed by atoms with Crippen LogP contribution in [0, 0.1) is 0 Å². The number of nitrogens with one attached hydrogen (secondary N) is 1. The van der Waals surface area contributed by atoms with Crippen LogP contribution in [-0.4, -0.2) is 44.3 Å². The van der Waals surface area contributed by atoms with Gasteiger partial charge in [-0.2, -0.15) is 0 Å². The second-order valence-corrected chi connectivity index (χ2v) is 7.49. The molecule has 0 fully saturated rings. The molecule has 1 aromatic carbocycles. The minimum atomic E-state index is -4.89. The molecule has 0 saturated carbocycles. The van der Waals surface area contributed by atoms with Crippen LogP contribution in [0.5, 0.6) is 5.75 Å². The summed E-state index contributed by atoms with van der Waals surface area (Å²) in [5, 5.41) is 12.4. The average molecular weight is 484 g/mol. The van der Waals surface area contributed by atoms with Crippen LogP contribution in [-0.2, 0) is 17.8 Å². The van der Waals surface area contributed by atoms with Gasteiger partial charge in [-0.1, -0.05) is 18.2 Å². The number of ketones is 1. The highest BCUT2D eigenvalue weighted by molar-refractivity contribution is 6.16. The van der Waals surface area contributed by atoms with Gasteiger partial charge in [0, 0.05) is 53.4 Å². The molecule has 4 rings (SSSR count). The van der Waals surface area contributed by atoms with E-state index in [1.165, 1.54) is 36.5 Å². The smallest absolute Gasteiger partial charge is 0.405 e. The van der Waals surface area contributed by atoms with Gasteiger partial charge in [-0.25, -0.2) is 4.98 Å². The number of carbonyl (C=O) groups is 2. The summed E-state index contributed by atoms with van der Waals surface area (Å²) < 4.78 is 43.6. The molecule has 0 radical (unpaired) electrons. The molecule has 0 atom stereocenters. The third kappa shape index (κ3) is 5.64. The molecule has 4 aromatic rings. The Morgan fingerprint density at radius 3 is 2.69 bits per heavy atom. The molecule has 11 heteroatoms. The van der Waals surface area contributed by atoms with Crippen molar-refractivity contribution >= 4 is 28.4 Å². The number of anilines is 1. The van der Waals surface area contributed by atoms with E-state index in [9.17, 15) is 27.9 Å². The fourth-order valence-corrected chi connectivity index (χ4v) is 3.64. The second-order valence-electron chi connectivity index (χ2n) is 7.49. The molecule has 35 heavy (non-hydrogen) atoms. The van der Waals surface area contributed by atoms with Crippen molar-refractivity contribution in [1.82, 2.24) is 14.5 Å². The number of benzene rings is 1. The third-order valence-electron chi connectivity index (χ3n) is 5.11. The van der Waals surface area contributed by atoms with Gasteiger partial charge in [-0.15, -0.1) is 13.2 Å². The van der Waals surface area contributed by atoms with Crippen LogP contribution in [0.15, 0.2) is 67.3 Å². The fraction of sp³-hybridized carbons (Fsp3) is 0.167. The Balaban J connectivity index is 1.53. The zero-order valence-electron chi connectivity index (χ0n) is 18.1. The van der Waals surface area contributed by atoms with Crippen LogP contribution in [0.25, 0.3) is 10.9 Å². The fourth-order valence-electron chi connectivity index (χ4n) is 3.64. The number of nitrogens with zero attached hydrogens (tertiary/aromatic N) is 3. The highest BCUT2D eigenvalue weighted by Crippen LogP contribution is 2.27. The lowest BCUT2D eigenvalue weighted by Gasteiger charge is -2.13. The van der Waals surface area contributed by atoms with Crippen LogP contribution in [0.2, 0.25) is 0 Å². The number of pyridine rings is 2. The summed E-state index contributed by atoms with van der Waals surface area (Å²) in [5.74, 6) is -1.39. The first kappa shape index (κ1) is 23.9. The van der Waals surface area contributed by atoms with E-state index in [4.69, 9.17) is 0 Å². The van der Waals surface area contributed by atoms with Crippen LogP contribution >= 0.6 is 0 Å². The molecule has 0 aliphatic rings. The number of alkyl halides is 3. The van der Waals surface area contributed by atoms with Gasteiger partial charge >= 0.3 is 6.36 Å². The minimum absolute atomic E-state index is 0.0405. The number of halogens is 3. The van der Waals surface area contributed by atoms with Crippen LogP contribution in [0.3, 0.4) is 0 Å². The summed E-state index contributed by atoms with van der Waals surface area (Å²) in [7, 11) is 0. The van der Waals surface area contributed by atoms with E-state index in [0.717, 1.165) is 11.6 Å². The summed E-state index contributed by atoms with van der Waals surface area (Å²) in [6, 6.07) is 9.93. The van der Waals surface area contributed by atoms with Crippen LogP contribution in [0.1, 0.15) is 21.5 Å². The average Bonchev–Trinajstić information content (AvgIpc) is 3.18. The van der Waals surface area contributed by atoms with Crippen molar-refractivity contribution in [3.8, 4) is 5.75 Å². The Kier molecular flexibility index (Phi) is 6.78. The number of fused-ring (bicyclic) bond motifs is 1. The van der Waals surface area contributed by atoms with Crippen molar-refractivity contribution in [2.75, 3.05) is 11.9 Å². The number of hydrogen-bond acceptors (Lipinski definition) is 6. The Hall–Kier alpha value is -4.25. The lowest BCUT2D eigenvalue weighted by molar-refractivity contribution is -0.274. The van der Waals surface area contributed by atoms with Gasteiger partial charge in [0.15, 0.2) is 5.78 Å². The van der Waals surface area contributed by atoms with E-state index in [-0.39, 0.29) is 29.3 Å². The Labute approximate surface area is 197 Å². The molecule has 1 amide bonds. The Bertz CT molecular complexity index is 1380. The monoisotopic (exact) mass is 484 g/mol. The number of ether oxygens (including phenoxy) is 1. The van der Waals surface area contributed by atoms with Crippen molar-refractivity contribution in [2.24, 2.45) is 0 Å². The quantitative estimate of drug-likeness (QED) is 0.369. The maximum atomic E-state index is 13.2. The van der Waals surface area contributed by atoms with E-state index in [0.29, 0.717) is 17.5 Å². The first-order chi connectivity index (χ1) is 16.7. The van der Waals surface area contributed by atoms with E-state index in [2.05, 4.69) is 20.0 Å². The zero-order valence-corrected chi connectivity index (χ0v) is 18.1. The van der Waals surface area contributed by atoms with E-state index >= 15 is 0 Å². The number of carbonyl (C=O) groups excluding carboxylic acids is 2. The van der Waals surface area contributed by atoms with Gasteiger partial charge in [-0.3, -0.25) is 14.6 Å². The maximum Gasteiger partial charge on any atom is 0.573 e. The molecule has 0 saturated heterocycles. The van der Waals surface area contributed by atoms with Crippen molar-refractivity contribution < 1.29 is 32.6 Å². The first-order valence-electron chi connectivity index (χ1n) is 10.4. The normalized spacial score (nSPS) is 11.4. The summed E-state index contributed by atoms with van der Waals surface area (Å²) in [6.07, 6.45) is 0.824. The molecule has 0 aliphatic heterocycles. The van der Waals surface area contributed by atoms with Gasteiger partial charge < -0.3 is 19.7 Å². The predicted octanol–water partition coefficient (Wildman–Crippen LogP) is 3.73. The van der Waals surface area contributed by atoms with Gasteiger partial charge in [0.05, 0.1) is 18.5 Å². The minimum Gasteiger partial charge on any atom is -0.405 e. The molecular formula is C24H19F3N4O4. The van der Waals surface area contributed by atoms with Crippen molar-refractivity contribution in [3.05, 3.63) is 83.9 Å². The second kappa shape index (κ2) is 9.94. The summed E-state index contributed by atoms with van der Waals surface area (Å²) >= 11 is 0. The van der Waals surface area contributed by atoms with Gasteiger partial charge in [0.25, 0.3) is 0 Å². The van der Waals surface area contributed by atoms with Gasteiger partial charge in [0.1, 0.15) is 11.6 Å². The first-order valence-corrected chi connectivity index (χ1v) is 10.4. The molecule has 0 unspecified atom stereocenters. The lowest BCUT2D eigenvalue weighted by atomic mass is 10.0. The lowest BCUT2D eigenvalue weighted by Crippen LogP contribution is -2.20. The van der Waals surface area contributed by atoms with Gasteiger partial charge in [0.2, 0.25) is 5.91 Å². The highest BCUT2D eigenvalue weighted by atomic mass is 19.4. The van der Waals surface area contributed by atoms with Crippen molar-refractivity contribution in [3.63, 3.8) is 0 Å². The number of rotatable bonds is 8. The van der Waals surface area contributed by atoms with Gasteiger partial charge in [-0.05, 0) is 24.3 Å². The molecule has 0 bridgehead atoms. The molecule has 0 aliphatic carbocycles. The molecule has 180 valence electrons. The molecule has 8 nitrogen and oxygen atoms in total. The molecule has 0 spiro atoms. The van der Waals surface area contributed by atoms with Crippen LogP contribution < -0.4 is 10.1 Å². The highest BCUT2D eigenvalue weighted by Gasteiger charge is 2.32. The number of hydrogen-bond donors (Lipinski definition) is 2. The summed E-state index contributed by atoms with van der Waals surface area (Å²) in [6.45, 7) is 0.188. The summed E-state index contributed by atoms with van der Waals surface area (Å²) in [5.41, 5.74) is 1.38. The largest absolute Gasteiger partial charge is 0.573 e. The van der Waals surface area contributed by atoms with Crippen LogP contribution in [0.4, 0.5) is 19.0 Å². The Morgan fingerprint density at radius 1 is 1.11 bits per heavy atom. The predicted molar refractivity (Wildman–Crippen MR) is 120 cm³/mol. The van der Waals surface area contributed by atoms with Crippen molar-refractivity contribution in [2.45, 2.75) is 19.3 Å². The molecule has 2 N–H and O–H groups in total. The molecular weight excluding hydrogens is 465 g/mol. The number of amides is 1.